The van der Waals surface area contributed by atoms with Gasteiger partial charge in [0.1, 0.15) is 5.75 Å². The predicted molar refractivity (Wildman–Crippen MR) is 94.4 cm³/mol. The van der Waals surface area contributed by atoms with Crippen LogP contribution in [0.1, 0.15) is 20.3 Å². The van der Waals surface area contributed by atoms with E-state index in [-0.39, 0.29) is 24.2 Å². The van der Waals surface area contributed by atoms with Gasteiger partial charge in [-0.3, -0.25) is 4.79 Å². The minimum Gasteiger partial charge on any atom is -0.479 e. The average molecular weight is 392 g/mol. The van der Waals surface area contributed by atoms with Gasteiger partial charge in [-0.15, -0.1) is 12.4 Å². The topological polar surface area (TPSA) is 55.6 Å². The molecule has 124 valence electrons. The Morgan fingerprint density at radius 3 is 2.68 bits per heavy atom. The number of nitrogens with two attached hydrogens (primary N) is 1. The lowest BCUT2D eigenvalue weighted by atomic mass is 10.1. The van der Waals surface area contributed by atoms with E-state index in [2.05, 4.69) is 15.9 Å². The van der Waals surface area contributed by atoms with Gasteiger partial charge in [0.05, 0.1) is 4.47 Å². The van der Waals surface area contributed by atoms with E-state index in [1.54, 1.807) is 0 Å². The average Bonchev–Trinajstić information content (AvgIpc) is 2.94. The van der Waals surface area contributed by atoms with Gasteiger partial charge >= 0.3 is 0 Å². The van der Waals surface area contributed by atoms with Crippen LogP contribution in [0, 0.1) is 11.8 Å². The summed E-state index contributed by atoms with van der Waals surface area (Å²) in [6.07, 6.45) is 0.530. The van der Waals surface area contributed by atoms with Gasteiger partial charge in [-0.05, 0) is 52.9 Å². The van der Waals surface area contributed by atoms with E-state index in [1.807, 2.05) is 43.0 Å². The summed E-state index contributed by atoms with van der Waals surface area (Å²) in [5.74, 6) is 1.31. The third kappa shape index (κ3) is 4.61. The normalized spacial score (nSPS) is 19.0. The molecule has 2 rings (SSSR count). The number of carbonyl (C=O) groups is 1. The molecular weight excluding hydrogens is 368 g/mol. The quantitative estimate of drug-likeness (QED) is 0.839. The first-order valence-electron chi connectivity index (χ1n) is 7.43. The molecule has 2 unspecified atom stereocenters. The van der Waals surface area contributed by atoms with E-state index in [0.717, 1.165) is 24.0 Å². The van der Waals surface area contributed by atoms with Crippen LogP contribution in [0.25, 0.3) is 0 Å². The van der Waals surface area contributed by atoms with Crippen molar-refractivity contribution in [3.05, 3.63) is 28.7 Å². The molecule has 22 heavy (non-hydrogen) atoms. The number of rotatable bonds is 5. The van der Waals surface area contributed by atoms with Gasteiger partial charge in [0.2, 0.25) is 0 Å². The van der Waals surface area contributed by atoms with Crippen LogP contribution in [-0.4, -0.2) is 36.5 Å². The van der Waals surface area contributed by atoms with Gasteiger partial charge in [0.25, 0.3) is 5.91 Å². The summed E-state index contributed by atoms with van der Waals surface area (Å²) >= 11 is 3.46. The molecule has 1 aromatic rings. The third-order valence-corrected chi connectivity index (χ3v) is 4.53. The number of nitrogens with zero attached hydrogens (tertiary/aromatic N) is 1. The highest BCUT2D eigenvalue weighted by atomic mass is 79.9. The second-order valence-corrected chi connectivity index (χ2v) is 6.74. The van der Waals surface area contributed by atoms with Crippen LogP contribution in [0.5, 0.6) is 5.75 Å². The first-order chi connectivity index (χ1) is 10.0. The predicted octanol–water partition coefficient (Wildman–Crippen LogP) is 3.08. The maximum atomic E-state index is 12.7. The van der Waals surface area contributed by atoms with Crippen LogP contribution in [0.3, 0.4) is 0 Å². The van der Waals surface area contributed by atoms with E-state index >= 15 is 0 Å². The Morgan fingerprint density at radius 1 is 1.45 bits per heavy atom. The van der Waals surface area contributed by atoms with E-state index < -0.39 is 6.10 Å². The van der Waals surface area contributed by atoms with Crippen LogP contribution in [0.2, 0.25) is 0 Å². The fourth-order valence-corrected chi connectivity index (χ4v) is 2.93. The summed E-state index contributed by atoms with van der Waals surface area (Å²) < 4.78 is 6.85. The number of para-hydroxylation sites is 1. The molecule has 1 saturated heterocycles. The van der Waals surface area contributed by atoms with Crippen LogP contribution >= 0.6 is 28.3 Å². The van der Waals surface area contributed by atoms with Crippen molar-refractivity contribution in [1.82, 2.24) is 4.90 Å². The number of likely N-dealkylation sites (tertiary alicyclic amines) is 1. The number of hydrogen-bond donors (Lipinski definition) is 1. The first-order valence-corrected chi connectivity index (χ1v) is 8.22. The summed E-state index contributed by atoms with van der Waals surface area (Å²) in [6, 6.07) is 7.62. The van der Waals surface area contributed by atoms with E-state index in [0.29, 0.717) is 18.2 Å². The van der Waals surface area contributed by atoms with Gasteiger partial charge < -0.3 is 15.4 Å². The molecule has 6 heteroatoms. The summed E-state index contributed by atoms with van der Waals surface area (Å²) in [7, 11) is 0. The fraction of sp³-hybridized carbons (Fsp3) is 0.562. The lowest BCUT2D eigenvalue weighted by molar-refractivity contribution is -0.139. The van der Waals surface area contributed by atoms with Crippen molar-refractivity contribution in [1.29, 1.82) is 0 Å². The Kier molecular flexibility index (Phi) is 7.66. The Labute approximate surface area is 146 Å². The lowest BCUT2D eigenvalue weighted by Gasteiger charge is -2.27. The zero-order chi connectivity index (χ0) is 15.4. The second kappa shape index (κ2) is 8.75. The Morgan fingerprint density at radius 2 is 2.14 bits per heavy atom. The second-order valence-electron chi connectivity index (χ2n) is 5.89. The molecule has 0 bridgehead atoms. The van der Waals surface area contributed by atoms with Gasteiger partial charge in [0, 0.05) is 13.1 Å². The van der Waals surface area contributed by atoms with Gasteiger partial charge in [-0.1, -0.05) is 26.0 Å². The number of amides is 1. The molecule has 0 spiro atoms. The molecule has 1 aliphatic rings. The first kappa shape index (κ1) is 19.3. The standard InChI is InChI=1S/C16H23BrN2O2.ClH/c1-11(2)15(21-14-6-4-3-5-13(14)17)16(20)19-8-7-12(9-18)10-19;/h3-6,11-12,15H,7-10,18H2,1-2H3;1H. The summed E-state index contributed by atoms with van der Waals surface area (Å²) in [5, 5.41) is 0. The van der Waals surface area contributed by atoms with Crippen molar-refractivity contribution >= 4 is 34.2 Å². The number of ether oxygens (including phenoxy) is 1. The zero-order valence-electron chi connectivity index (χ0n) is 13.0. The monoisotopic (exact) mass is 390 g/mol. The molecule has 4 nitrogen and oxygen atoms in total. The van der Waals surface area contributed by atoms with Crippen molar-refractivity contribution < 1.29 is 9.53 Å². The molecule has 1 fully saturated rings. The van der Waals surface area contributed by atoms with Crippen molar-refractivity contribution in [2.24, 2.45) is 17.6 Å². The highest BCUT2D eigenvalue weighted by Gasteiger charge is 2.33. The minimum atomic E-state index is -0.458. The molecular formula is C16H24BrClN2O2. The van der Waals surface area contributed by atoms with Crippen LogP contribution in [0.15, 0.2) is 28.7 Å². The van der Waals surface area contributed by atoms with Gasteiger partial charge in [-0.25, -0.2) is 0 Å². The zero-order valence-corrected chi connectivity index (χ0v) is 15.4. The lowest BCUT2D eigenvalue weighted by Crippen LogP contribution is -2.44. The maximum absolute atomic E-state index is 12.7. The van der Waals surface area contributed by atoms with Crippen molar-refractivity contribution in [2.45, 2.75) is 26.4 Å². The molecule has 0 aromatic heterocycles. The highest BCUT2D eigenvalue weighted by molar-refractivity contribution is 9.10. The van der Waals surface area contributed by atoms with Crippen LogP contribution in [-0.2, 0) is 4.79 Å². The number of hydrogen-bond acceptors (Lipinski definition) is 3. The molecule has 1 amide bonds. The minimum absolute atomic E-state index is 0. The van der Waals surface area contributed by atoms with E-state index in [4.69, 9.17) is 10.5 Å². The third-order valence-electron chi connectivity index (χ3n) is 3.87. The van der Waals surface area contributed by atoms with E-state index in [1.165, 1.54) is 0 Å². The van der Waals surface area contributed by atoms with Crippen LogP contribution < -0.4 is 10.5 Å². The smallest absolute Gasteiger partial charge is 0.263 e. The summed E-state index contributed by atoms with van der Waals surface area (Å²) in [4.78, 5) is 14.6. The van der Waals surface area contributed by atoms with Crippen molar-refractivity contribution in [3.8, 4) is 5.75 Å². The largest absolute Gasteiger partial charge is 0.479 e. The summed E-state index contributed by atoms with van der Waals surface area (Å²) in [5.41, 5.74) is 5.70. The van der Waals surface area contributed by atoms with Crippen molar-refractivity contribution in [2.75, 3.05) is 19.6 Å². The molecule has 0 radical (unpaired) electrons. The fourth-order valence-electron chi connectivity index (χ4n) is 2.55. The van der Waals surface area contributed by atoms with E-state index in [9.17, 15) is 4.79 Å². The molecule has 0 aliphatic carbocycles. The number of carbonyl (C=O) groups excluding carboxylic acids is 1. The summed E-state index contributed by atoms with van der Waals surface area (Å²) in [6.45, 7) is 6.19. The molecule has 2 atom stereocenters. The Balaban J connectivity index is 0.00000242. The molecule has 1 aromatic carbocycles. The molecule has 1 aliphatic heterocycles. The SMILES string of the molecule is CC(C)C(Oc1ccccc1Br)C(=O)N1CCC(CN)C1.Cl. The van der Waals surface area contributed by atoms with Crippen molar-refractivity contribution in [3.63, 3.8) is 0 Å². The molecule has 1 heterocycles. The Hall–Kier alpha value is -0.780. The van der Waals surface area contributed by atoms with Gasteiger partial charge in [0.15, 0.2) is 6.10 Å². The van der Waals surface area contributed by atoms with Gasteiger partial charge in [-0.2, -0.15) is 0 Å². The number of benzene rings is 1. The molecule has 0 saturated carbocycles. The Bertz CT molecular complexity index is 499. The number of halogens is 2. The van der Waals surface area contributed by atoms with Crippen LogP contribution in [0.4, 0.5) is 0 Å². The maximum Gasteiger partial charge on any atom is 0.263 e. The molecule has 2 N–H and O–H groups in total. The highest BCUT2D eigenvalue weighted by Crippen LogP contribution is 2.27.